The lowest BCUT2D eigenvalue weighted by Crippen LogP contribution is -2.36. The molecule has 0 bridgehead atoms. The van der Waals surface area contributed by atoms with E-state index in [0.29, 0.717) is 5.69 Å². The molecule has 3 N–H and O–H groups in total. The first-order valence-electron chi connectivity index (χ1n) is 7.71. The van der Waals surface area contributed by atoms with Crippen molar-refractivity contribution in [3.8, 4) is 0 Å². The number of nitrogens with one attached hydrogen (secondary N) is 1. The Morgan fingerprint density at radius 1 is 1.42 bits per heavy atom. The molecule has 126 valence electrons. The van der Waals surface area contributed by atoms with Gasteiger partial charge < -0.3 is 16.0 Å². The summed E-state index contributed by atoms with van der Waals surface area (Å²) in [6, 6.07) is 2.93. The number of aromatic nitrogens is 2. The maximum atomic E-state index is 12.5. The molecular weight excluding hydrogens is 326 g/mol. The number of thiazole rings is 1. The molecule has 0 unspecified atom stereocenters. The van der Waals surface area contributed by atoms with Crippen molar-refractivity contribution in [3.63, 3.8) is 0 Å². The number of hydrogen-bond donors (Lipinski definition) is 2. The van der Waals surface area contributed by atoms with Gasteiger partial charge in [0.2, 0.25) is 0 Å². The average Bonchev–Trinajstić information content (AvgIpc) is 2.94. The highest BCUT2D eigenvalue weighted by molar-refractivity contribution is 7.11. The summed E-state index contributed by atoms with van der Waals surface area (Å²) < 4.78 is 0. The minimum absolute atomic E-state index is 0.0396. The van der Waals surface area contributed by atoms with E-state index >= 15 is 0 Å². The van der Waals surface area contributed by atoms with Crippen molar-refractivity contribution in [1.29, 1.82) is 0 Å². The third kappa shape index (κ3) is 3.23. The summed E-state index contributed by atoms with van der Waals surface area (Å²) in [7, 11) is 1.79. The van der Waals surface area contributed by atoms with E-state index in [2.05, 4.69) is 15.3 Å². The molecule has 3 amide bonds. The van der Waals surface area contributed by atoms with Crippen molar-refractivity contribution in [2.24, 2.45) is 5.73 Å². The Bertz CT molecular complexity index is 771. The molecule has 1 atom stereocenters. The number of primary amides is 1. The number of hydrogen-bond acceptors (Lipinski definition) is 5. The molecular formula is C16H19N5O2S. The molecule has 1 aliphatic carbocycles. The number of aryl methyl sites for hydroxylation is 2. The number of urea groups is 1. The third-order valence-corrected chi connectivity index (χ3v) is 5.20. The average molecular weight is 345 g/mol. The van der Waals surface area contributed by atoms with E-state index in [-0.39, 0.29) is 17.8 Å². The van der Waals surface area contributed by atoms with Gasteiger partial charge in [0.1, 0.15) is 5.69 Å². The van der Waals surface area contributed by atoms with E-state index in [1.54, 1.807) is 29.4 Å². The molecule has 0 radical (unpaired) electrons. The molecule has 0 saturated heterocycles. The first-order chi connectivity index (χ1) is 11.5. The summed E-state index contributed by atoms with van der Waals surface area (Å²) in [6.45, 7) is 1.99. The molecule has 0 aliphatic heterocycles. The lowest BCUT2D eigenvalue weighted by atomic mass is 9.97. The number of carbonyl (C=O) groups is 2. The van der Waals surface area contributed by atoms with Crippen molar-refractivity contribution in [2.75, 3.05) is 12.4 Å². The van der Waals surface area contributed by atoms with E-state index < -0.39 is 5.91 Å². The smallest absolute Gasteiger partial charge is 0.322 e. The van der Waals surface area contributed by atoms with Crippen molar-refractivity contribution < 1.29 is 9.59 Å². The quantitative estimate of drug-likeness (QED) is 0.892. The zero-order valence-corrected chi connectivity index (χ0v) is 14.4. The molecule has 7 nitrogen and oxygen atoms in total. The molecule has 0 spiro atoms. The summed E-state index contributed by atoms with van der Waals surface area (Å²) in [5, 5.41) is 3.83. The molecule has 24 heavy (non-hydrogen) atoms. The predicted molar refractivity (Wildman–Crippen MR) is 92.1 cm³/mol. The summed E-state index contributed by atoms with van der Waals surface area (Å²) in [6.07, 6.45) is 4.35. The summed E-state index contributed by atoms with van der Waals surface area (Å²) in [5.74, 6) is -0.597. The lowest BCUT2D eigenvalue weighted by molar-refractivity contribution is 0.0995. The Labute approximate surface area is 143 Å². The van der Waals surface area contributed by atoms with Crippen molar-refractivity contribution in [3.05, 3.63) is 39.6 Å². The standard InChI is InChI=1S/C16H19N5O2S/c1-9-19-11-4-3-5-13(14(11)24-9)21(2)16(23)20-10-6-7-12(15(17)22)18-8-10/h6-8,13H,3-5H2,1-2H3,(H2,17,22)(H,20,23)/t13-/m0/s1. The van der Waals surface area contributed by atoms with Crippen LogP contribution in [-0.2, 0) is 6.42 Å². The van der Waals surface area contributed by atoms with Gasteiger partial charge in [-0.05, 0) is 38.3 Å². The fourth-order valence-corrected chi connectivity index (χ4v) is 4.01. The van der Waals surface area contributed by atoms with E-state index in [9.17, 15) is 9.59 Å². The number of fused-ring (bicyclic) bond motifs is 1. The highest BCUT2D eigenvalue weighted by Crippen LogP contribution is 2.37. The first-order valence-corrected chi connectivity index (χ1v) is 8.53. The number of nitrogens with zero attached hydrogens (tertiary/aromatic N) is 3. The summed E-state index contributed by atoms with van der Waals surface area (Å²) in [5.41, 5.74) is 6.95. The molecule has 2 aromatic heterocycles. The second kappa shape index (κ2) is 6.56. The van der Waals surface area contributed by atoms with Gasteiger partial charge in [0.15, 0.2) is 0 Å². The molecule has 0 fully saturated rings. The summed E-state index contributed by atoms with van der Waals surface area (Å²) >= 11 is 1.66. The molecule has 3 rings (SSSR count). The normalized spacial score (nSPS) is 16.3. The predicted octanol–water partition coefficient (Wildman–Crippen LogP) is 2.49. The van der Waals surface area contributed by atoms with Crippen LogP contribution < -0.4 is 11.1 Å². The van der Waals surface area contributed by atoms with Gasteiger partial charge in [-0.2, -0.15) is 0 Å². The zero-order chi connectivity index (χ0) is 17.3. The van der Waals surface area contributed by atoms with Crippen LogP contribution in [0.15, 0.2) is 18.3 Å². The highest BCUT2D eigenvalue weighted by atomic mass is 32.1. The van der Waals surface area contributed by atoms with E-state index in [4.69, 9.17) is 5.73 Å². The molecule has 2 aromatic rings. The second-order valence-corrected chi connectivity index (χ2v) is 7.02. The number of pyridine rings is 1. The van der Waals surface area contributed by atoms with Crippen LogP contribution in [0, 0.1) is 6.92 Å². The van der Waals surface area contributed by atoms with E-state index in [1.807, 2.05) is 6.92 Å². The monoisotopic (exact) mass is 345 g/mol. The number of amides is 3. The Balaban J connectivity index is 1.72. The van der Waals surface area contributed by atoms with Gasteiger partial charge in [-0.25, -0.2) is 14.8 Å². The fourth-order valence-electron chi connectivity index (χ4n) is 2.86. The Kier molecular flexibility index (Phi) is 4.48. The molecule has 0 aromatic carbocycles. The van der Waals surface area contributed by atoms with Crippen LogP contribution in [-0.4, -0.2) is 33.9 Å². The van der Waals surface area contributed by atoms with Crippen molar-refractivity contribution in [1.82, 2.24) is 14.9 Å². The number of nitrogens with two attached hydrogens (primary N) is 1. The number of carbonyl (C=O) groups excluding carboxylic acids is 2. The van der Waals surface area contributed by atoms with Gasteiger partial charge in [0.05, 0.1) is 33.5 Å². The van der Waals surface area contributed by atoms with Gasteiger partial charge in [-0.3, -0.25) is 4.79 Å². The Morgan fingerprint density at radius 3 is 2.88 bits per heavy atom. The minimum Gasteiger partial charge on any atom is -0.364 e. The largest absolute Gasteiger partial charge is 0.364 e. The summed E-state index contributed by atoms with van der Waals surface area (Å²) in [4.78, 5) is 34.9. The van der Waals surface area contributed by atoms with Gasteiger partial charge in [0.25, 0.3) is 5.91 Å². The van der Waals surface area contributed by atoms with Gasteiger partial charge in [0, 0.05) is 7.05 Å². The molecule has 0 saturated carbocycles. The second-order valence-electron chi connectivity index (χ2n) is 5.79. The van der Waals surface area contributed by atoms with Gasteiger partial charge >= 0.3 is 6.03 Å². The van der Waals surface area contributed by atoms with Crippen LogP contribution in [0.2, 0.25) is 0 Å². The van der Waals surface area contributed by atoms with Gasteiger partial charge in [-0.15, -0.1) is 11.3 Å². The van der Waals surface area contributed by atoms with E-state index in [1.165, 1.54) is 17.1 Å². The Hall–Kier alpha value is -2.48. The molecule has 8 heteroatoms. The van der Waals surface area contributed by atoms with E-state index in [0.717, 1.165) is 30.0 Å². The topological polar surface area (TPSA) is 101 Å². The van der Waals surface area contributed by atoms with Crippen LogP contribution >= 0.6 is 11.3 Å². The third-order valence-electron chi connectivity index (χ3n) is 4.08. The number of anilines is 1. The van der Waals surface area contributed by atoms with Crippen LogP contribution in [0.4, 0.5) is 10.5 Å². The van der Waals surface area contributed by atoms with Crippen LogP contribution in [0.1, 0.15) is 45.0 Å². The number of rotatable bonds is 3. The Morgan fingerprint density at radius 2 is 2.21 bits per heavy atom. The van der Waals surface area contributed by atoms with Crippen LogP contribution in [0.3, 0.4) is 0 Å². The van der Waals surface area contributed by atoms with Gasteiger partial charge in [-0.1, -0.05) is 0 Å². The zero-order valence-electron chi connectivity index (χ0n) is 13.6. The molecule has 2 heterocycles. The highest BCUT2D eigenvalue weighted by Gasteiger charge is 2.29. The maximum absolute atomic E-state index is 12.5. The minimum atomic E-state index is -0.597. The maximum Gasteiger partial charge on any atom is 0.322 e. The first kappa shape index (κ1) is 16.4. The SMILES string of the molecule is Cc1nc2c(s1)[C@@H](N(C)C(=O)Nc1ccc(C(N)=O)nc1)CCC2. The van der Waals surface area contributed by atoms with Crippen molar-refractivity contribution in [2.45, 2.75) is 32.2 Å². The lowest BCUT2D eigenvalue weighted by Gasteiger charge is -2.30. The fraction of sp³-hybridized carbons (Fsp3) is 0.375. The van der Waals surface area contributed by atoms with Crippen LogP contribution in [0.25, 0.3) is 0 Å². The van der Waals surface area contributed by atoms with Crippen molar-refractivity contribution >= 4 is 29.0 Å². The van der Waals surface area contributed by atoms with Crippen LogP contribution in [0.5, 0.6) is 0 Å². The molecule has 1 aliphatic rings.